The molecule has 0 amide bonds. The lowest BCUT2D eigenvalue weighted by Gasteiger charge is -2.14. The van der Waals surface area contributed by atoms with Gasteiger partial charge >= 0.3 is 0 Å². The van der Waals surface area contributed by atoms with Crippen LogP contribution in [0.2, 0.25) is 0 Å². The number of allylic oxidation sites excluding steroid dienone is 4. The summed E-state index contributed by atoms with van der Waals surface area (Å²) in [5, 5.41) is 8.08. The van der Waals surface area contributed by atoms with E-state index < -0.39 is 0 Å². The Bertz CT molecular complexity index is 937. The highest BCUT2D eigenvalue weighted by molar-refractivity contribution is 5.74. The summed E-state index contributed by atoms with van der Waals surface area (Å²) in [6.07, 6.45) is 6.79. The van der Waals surface area contributed by atoms with Gasteiger partial charge in [0, 0.05) is 17.5 Å². The molecule has 0 radical (unpaired) electrons. The third-order valence-electron chi connectivity index (χ3n) is 4.88. The first-order valence-corrected chi connectivity index (χ1v) is 7.64. The van der Waals surface area contributed by atoms with E-state index in [1.807, 2.05) is 6.08 Å². The number of nitrogens with two attached hydrogens (primary N) is 1. The first-order valence-electron chi connectivity index (χ1n) is 7.64. The van der Waals surface area contributed by atoms with Crippen molar-refractivity contribution in [2.75, 3.05) is 0 Å². The molecule has 1 saturated carbocycles. The molecule has 1 atom stereocenters. The number of rotatable bonds is 2. The molecule has 5 rings (SSSR count). The van der Waals surface area contributed by atoms with Crippen LogP contribution in [0.1, 0.15) is 25.2 Å². The standard InChI is InChI=1S/C18H14FN3O/c19-15-4-2-1-3-12(15)17-22-21-16(23-17)10-5-6-11-8-18(20)9-14(18)13(11)7-10/h1-6H,7-9,20H2. The molecule has 1 heterocycles. The molecule has 1 fully saturated rings. The molecular weight excluding hydrogens is 293 g/mol. The minimum Gasteiger partial charge on any atom is -0.416 e. The molecule has 4 nitrogen and oxygen atoms in total. The lowest BCUT2D eigenvalue weighted by Crippen LogP contribution is -2.19. The van der Waals surface area contributed by atoms with Crippen molar-refractivity contribution in [2.45, 2.75) is 24.8 Å². The minimum atomic E-state index is -0.367. The van der Waals surface area contributed by atoms with Crippen LogP contribution in [0.25, 0.3) is 17.0 Å². The van der Waals surface area contributed by atoms with Gasteiger partial charge in [-0.3, -0.25) is 0 Å². The fraction of sp³-hybridized carbons (Fsp3) is 0.222. The molecule has 0 spiro atoms. The first kappa shape index (κ1) is 13.0. The Morgan fingerprint density at radius 1 is 1.04 bits per heavy atom. The molecule has 0 saturated heterocycles. The van der Waals surface area contributed by atoms with Crippen molar-refractivity contribution >= 4 is 5.57 Å². The largest absolute Gasteiger partial charge is 0.416 e. The van der Waals surface area contributed by atoms with Gasteiger partial charge in [0.2, 0.25) is 5.89 Å². The molecule has 0 aliphatic heterocycles. The molecule has 0 bridgehead atoms. The van der Waals surface area contributed by atoms with Crippen LogP contribution in [-0.2, 0) is 0 Å². The summed E-state index contributed by atoms with van der Waals surface area (Å²) in [7, 11) is 0. The van der Waals surface area contributed by atoms with E-state index in [1.165, 1.54) is 22.8 Å². The molecule has 2 N–H and O–H groups in total. The van der Waals surface area contributed by atoms with Crippen LogP contribution in [0, 0.1) is 5.82 Å². The lowest BCUT2D eigenvalue weighted by molar-refractivity contribution is 0.543. The predicted octanol–water partition coefficient (Wildman–Crippen LogP) is 3.39. The summed E-state index contributed by atoms with van der Waals surface area (Å²) in [6, 6.07) is 6.40. The highest BCUT2D eigenvalue weighted by Gasteiger charge is 2.53. The Hall–Kier alpha value is -2.53. The highest BCUT2D eigenvalue weighted by atomic mass is 19.1. The smallest absolute Gasteiger partial charge is 0.251 e. The molecule has 23 heavy (non-hydrogen) atoms. The average molecular weight is 307 g/mol. The van der Waals surface area contributed by atoms with E-state index in [4.69, 9.17) is 10.2 Å². The summed E-state index contributed by atoms with van der Waals surface area (Å²) in [6.45, 7) is 0. The number of hydrogen-bond donors (Lipinski definition) is 1. The van der Waals surface area contributed by atoms with Crippen molar-refractivity contribution in [3.8, 4) is 11.5 Å². The van der Waals surface area contributed by atoms with Crippen LogP contribution in [0.3, 0.4) is 0 Å². The molecule has 1 aromatic heterocycles. The van der Waals surface area contributed by atoms with Gasteiger partial charge in [-0.1, -0.05) is 24.3 Å². The maximum absolute atomic E-state index is 13.8. The second kappa shape index (κ2) is 4.26. The van der Waals surface area contributed by atoms with Gasteiger partial charge in [-0.2, -0.15) is 0 Å². The number of benzene rings is 1. The van der Waals surface area contributed by atoms with E-state index in [0.717, 1.165) is 24.8 Å². The van der Waals surface area contributed by atoms with E-state index in [9.17, 15) is 4.39 Å². The van der Waals surface area contributed by atoms with E-state index >= 15 is 0 Å². The molecule has 5 heteroatoms. The van der Waals surface area contributed by atoms with Crippen molar-refractivity contribution in [3.63, 3.8) is 0 Å². The fourth-order valence-corrected chi connectivity index (χ4v) is 3.56. The topological polar surface area (TPSA) is 64.9 Å². The summed E-state index contributed by atoms with van der Waals surface area (Å²) in [5.74, 6) is 0.286. The van der Waals surface area contributed by atoms with Gasteiger partial charge in [-0.25, -0.2) is 4.39 Å². The first-order chi connectivity index (χ1) is 11.1. The van der Waals surface area contributed by atoms with E-state index in [2.05, 4.69) is 16.3 Å². The molecule has 114 valence electrons. The molecule has 2 aromatic rings. The van der Waals surface area contributed by atoms with E-state index in [1.54, 1.807) is 18.2 Å². The zero-order chi connectivity index (χ0) is 15.6. The minimum absolute atomic E-state index is 0.0857. The zero-order valence-electron chi connectivity index (χ0n) is 12.3. The number of fused-ring (bicyclic) bond motifs is 2. The van der Waals surface area contributed by atoms with Gasteiger partial charge in [0.15, 0.2) is 0 Å². The summed E-state index contributed by atoms with van der Waals surface area (Å²) in [5.41, 5.74) is 11.5. The van der Waals surface area contributed by atoms with Crippen LogP contribution in [0.15, 0.2) is 57.6 Å². The SMILES string of the molecule is NC12CC3=CC=C(c4nnc(-c5ccccc5F)o4)CC3=C1C2. The predicted molar refractivity (Wildman–Crippen MR) is 83.5 cm³/mol. The van der Waals surface area contributed by atoms with Gasteiger partial charge in [-0.05, 0) is 41.7 Å². The normalized spacial score (nSPS) is 25.0. The second-order valence-corrected chi connectivity index (χ2v) is 6.42. The second-order valence-electron chi connectivity index (χ2n) is 6.42. The van der Waals surface area contributed by atoms with Crippen molar-refractivity contribution in [1.29, 1.82) is 0 Å². The average Bonchev–Trinajstić information content (AvgIpc) is 2.92. The fourth-order valence-electron chi connectivity index (χ4n) is 3.56. The van der Waals surface area contributed by atoms with Crippen LogP contribution < -0.4 is 5.73 Å². The Balaban J connectivity index is 1.50. The van der Waals surface area contributed by atoms with Gasteiger partial charge < -0.3 is 10.2 Å². The van der Waals surface area contributed by atoms with Gasteiger partial charge in [0.1, 0.15) is 5.82 Å². The lowest BCUT2D eigenvalue weighted by atomic mass is 9.92. The number of halogens is 1. The Morgan fingerprint density at radius 3 is 2.70 bits per heavy atom. The Labute approximate surface area is 132 Å². The number of hydrogen-bond acceptors (Lipinski definition) is 4. The van der Waals surface area contributed by atoms with Crippen LogP contribution in [-0.4, -0.2) is 15.7 Å². The Kier molecular flexibility index (Phi) is 2.40. The van der Waals surface area contributed by atoms with Gasteiger partial charge in [-0.15, -0.1) is 10.2 Å². The van der Waals surface area contributed by atoms with Crippen molar-refractivity contribution < 1.29 is 8.81 Å². The summed E-state index contributed by atoms with van der Waals surface area (Å²) in [4.78, 5) is 0. The van der Waals surface area contributed by atoms with Gasteiger partial charge in [0.05, 0.1) is 5.56 Å². The van der Waals surface area contributed by atoms with Crippen LogP contribution in [0.4, 0.5) is 4.39 Å². The molecular formula is C18H14FN3O. The van der Waals surface area contributed by atoms with E-state index in [0.29, 0.717) is 11.5 Å². The maximum atomic E-state index is 13.8. The molecule has 1 unspecified atom stereocenters. The van der Waals surface area contributed by atoms with E-state index in [-0.39, 0.29) is 17.2 Å². The van der Waals surface area contributed by atoms with Crippen molar-refractivity contribution in [1.82, 2.24) is 10.2 Å². The summed E-state index contributed by atoms with van der Waals surface area (Å²) >= 11 is 0. The number of aromatic nitrogens is 2. The third-order valence-corrected chi connectivity index (χ3v) is 4.88. The molecule has 3 aliphatic rings. The van der Waals surface area contributed by atoms with Gasteiger partial charge in [0.25, 0.3) is 5.89 Å². The molecule has 3 aliphatic carbocycles. The maximum Gasteiger partial charge on any atom is 0.251 e. The monoisotopic (exact) mass is 307 g/mol. The zero-order valence-corrected chi connectivity index (χ0v) is 12.3. The highest BCUT2D eigenvalue weighted by Crippen LogP contribution is 2.57. The quantitative estimate of drug-likeness (QED) is 0.923. The van der Waals surface area contributed by atoms with Crippen molar-refractivity contribution in [3.05, 3.63) is 64.8 Å². The third kappa shape index (κ3) is 1.86. The van der Waals surface area contributed by atoms with Crippen LogP contribution >= 0.6 is 0 Å². The Morgan fingerprint density at radius 2 is 1.83 bits per heavy atom. The molecule has 1 aromatic carbocycles. The van der Waals surface area contributed by atoms with Crippen molar-refractivity contribution in [2.24, 2.45) is 5.73 Å². The van der Waals surface area contributed by atoms with Crippen LogP contribution in [0.5, 0.6) is 0 Å². The summed E-state index contributed by atoms with van der Waals surface area (Å²) < 4.78 is 19.5. The number of nitrogens with zero attached hydrogens (tertiary/aromatic N) is 2.